The molecule has 0 amide bonds. The van der Waals surface area contributed by atoms with Gasteiger partial charge < -0.3 is 10.5 Å². The maximum atomic E-state index is 12.2. The van der Waals surface area contributed by atoms with E-state index in [0.29, 0.717) is 5.56 Å². The molecule has 0 spiro atoms. The fraction of sp³-hybridized carbons (Fsp3) is 0.455. The van der Waals surface area contributed by atoms with Gasteiger partial charge in [0.1, 0.15) is 5.75 Å². The molecule has 1 aromatic rings. The van der Waals surface area contributed by atoms with E-state index in [1.165, 1.54) is 12.1 Å². The van der Waals surface area contributed by atoms with Gasteiger partial charge in [0, 0.05) is 17.5 Å². The van der Waals surface area contributed by atoms with Crippen molar-refractivity contribution in [2.75, 3.05) is 6.54 Å². The maximum Gasteiger partial charge on any atom is 0.573 e. The first-order valence-electron chi connectivity index (χ1n) is 4.81. The third-order valence-electron chi connectivity index (χ3n) is 2.35. The van der Waals surface area contributed by atoms with E-state index in [0.717, 1.165) is 0 Å². The fourth-order valence-electron chi connectivity index (χ4n) is 1.35. The SMILES string of the molecule is CC(C)(CN)c1ccccc1OC(F)(F)F. The Morgan fingerprint density at radius 3 is 2.25 bits per heavy atom. The lowest BCUT2D eigenvalue weighted by atomic mass is 9.84. The summed E-state index contributed by atoms with van der Waals surface area (Å²) < 4.78 is 40.4. The lowest BCUT2D eigenvalue weighted by Gasteiger charge is -2.25. The van der Waals surface area contributed by atoms with Gasteiger partial charge in [-0.25, -0.2) is 0 Å². The van der Waals surface area contributed by atoms with Crippen LogP contribution in [0, 0.1) is 0 Å². The molecule has 0 radical (unpaired) electrons. The quantitative estimate of drug-likeness (QED) is 0.871. The molecule has 0 unspecified atom stereocenters. The van der Waals surface area contributed by atoms with Crippen molar-refractivity contribution in [1.29, 1.82) is 0 Å². The average Bonchev–Trinajstić information content (AvgIpc) is 2.16. The predicted molar refractivity (Wildman–Crippen MR) is 55.2 cm³/mol. The van der Waals surface area contributed by atoms with Gasteiger partial charge in [0.05, 0.1) is 0 Å². The minimum atomic E-state index is -4.68. The van der Waals surface area contributed by atoms with E-state index in [1.807, 2.05) is 0 Å². The van der Waals surface area contributed by atoms with Gasteiger partial charge in [-0.1, -0.05) is 32.0 Å². The van der Waals surface area contributed by atoms with Crippen LogP contribution in [-0.4, -0.2) is 12.9 Å². The summed E-state index contributed by atoms with van der Waals surface area (Å²) in [6.07, 6.45) is -4.68. The Balaban J connectivity index is 3.11. The normalized spacial score (nSPS) is 12.6. The van der Waals surface area contributed by atoms with Crippen LogP contribution in [0.1, 0.15) is 19.4 Å². The van der Waals surface area contributed by atoms with Crippen molar-refractivity contribution in [3.8, 4) is 5.75 Å². The topological polar surface area (TPSA) is 35.2 Å². The number of nitrogens with two attached hydrogens (primary N) is 1. The van der Waals surface area contributed by atoms with Gasteiger partial charge in [0.25, 0.3) is 0 Å². The van der Waals surface area contributed by atoms with E-state index >= 15 is 0 Å². The van der Waals surface area contributed by atoms with Crippen LogP contribution in [0.3, 0.4) is 0 Å². The van der Waals surface area contributed by atoms with Gasteiger partial charge in [0.15, 0.2) is 0 Å². The van der Waals surface area contributed by atoms with Crippen molar-refractivity contribution >= 4 is 0 Å². The van der Waals surface area contributed by atoms with Gasteiger partial charge in [-0.05, 0) is 6.07 Å². The number of rotatable bonds is 3. The molecule has 0 saturated carbocycles. The van der Waals surface area contributed by atoms with Crippen molar-refractivity contribution < 1.29 is 17.9 Å². The van der Waals surface area contributed by atoms with Crippen LogP contribution in [0.25, 0.3) is 0 Å². The molecule has 16 heavy (non-hydrogen) atoms. The second-order valence-corrected chi connectivity index (χ2v) is 4.13. The lowest BCUT2D eigenvalue weighted by Crippen LogP contribution is -2.30. The highest BCUT2D eigenvalue weighted by Crippen LogP contribution is 2.33. The van der Waals surface area contributed by atoms with E-state index in [-0.39, 0.29) is 12.3 Å². The maximum absolute atomic E-state index is 12.2. The number of hydrogen-bond acceptors (Lipinski definition) is 2. The van der Waals surface area contributed by atoms with Crippen LogP contribution >= 0.6 is 0 Å². The van der Waals surface area contributed by atoms with Crippen LogP contribution in [0.15, 0.2) is 24.3 Å². The Labute approximate surface area is 92.2 Å². The minimum absolute atomic E-state index is 0.189. The summed E-state index contributed by atoms with van der Waals surface area (Å²) in [6, 6.07) is 6.04. The number of benzene rings is 1. The monoisotopic (exact) mass is 233 g/mol. The molecule has 5 heteroatoms. The summed E-state index contributed by atoms with van der Waals surface area (Å²) >= 11 is 0. The Hall–Kier alpha value is -1.23. The molecule has 90 valence electrons. The highest BCUT2D eigenvalue weighted by Gasteiger charge is 2.34. The molecule has 2 nitrogen and oxygen atoms in total. The van der Waals surface area contributed by atoms with Crippen LogP contribution in [0.4, 0.5) is 13.2 Å². The van der Waals surface area contributed by atoms with Crippen LogP contribution < -0.4 is 10.5 Å². The fourth-order valence-corrected chi connectivity index (χ4v) is 1.35. The summed E-state index contributed by atoms with van der Waals surface area (Å²) in [5.41, 5.74) is 5.43. The Kier molecular flexibility index (Phi) is 3.48. The molecule has 1 aromatic carbocycles. The van der Waals surface area contributed by atoms with Crippen molar-refractivity contribution in [2.24, 2.45) is 5.73 Å². The molecule has 0 bridgehead atoms. The molecule has 0 aliphatic heterocycles. The second kappa shape index (κ2) is 4.33. The molecule has 0 aromatic heterocycles. The average molecular weight is 233 g/mol. The largest absolute Gasteiger partial charge is 0.573 e. The van der Waals surface area contributed by atoms with Crippen molar-refractivity contribution in [3.05, 3.63) is 29.8 Å². The smallest absolute Gasteiger partial charge is 0.405 e. The molecule has 0 fully saturated rings. The van der Waals surface area contributed by atoms with Crippen LogP contribution in [-0.2, 0) is 5.41 Å². The van der Waals surface area contributed by atoms with Crippen LogP contribution in [0.2, 0.25) is 0 Å². The zero-order valence-corrected chi connectivity index (χ0v) is 9.14. The van der Waals surface area contributed by atoms with Gasteiger partial charge >= 0.3 is 6.36 Å². The van der Waals surface area contributed by atoms with Gasteiger partial charge in [-0.2, -0.15) is 0 Å². The van der Waals surface area contributed by atoms with Crippen molar-refractivity contribution in [1.82, 2.24) is 0 Å². The molecule has 1 rings (SSSR count). The number of hydrogen-bond donors (Lipinski definition) is 1. The molecular weight excluding hydrogens is 219 g/mol. The molecule has 2 N–H and O–H groups in total. The standard InChI is InChI=1S/C11H14F3NO/c1-10(2,7-15)8-5-3-4-6-9(8)16-11(12,13)14/h3-6H,7,15H2,1-2H3. The summed E-state index contributed by atoms with van der Waals surface area (Å²) in [7, 11) is 0. The van der Waals surface area contributed by atoms with E-state index in [9.17, 15) is 13.2 Å². The van der Waals surface area contributed by atoms with E-state index < -0.39 is 11.8 Å². The van der Waals surface area contributed by atoms with Crippen molar-refractivity contribution in [3.63, 3.8) is 0 Å². The first-order valence-corrected chi connectivity index (χ1v) is 4.81. The van der Waals surface area contributed by atoms with E-state index in [1.54, 1.807) is 26.0 Å². The predicted octanol–water partition coefficient (Wildman–Crippen LogP) is 2.82. The van der Waals surface area contributed by atoms with E-state index in [2.05, 4.69) is 4.74 Å². The summed E-state index contributed by atoms with van der Waals surface area (Å²) in [5, 5.41) is 0. The zero-order valence-electron chi connectivity index (χ0n) is 9.14. The highest BCUT2D eigenvalue weighted by atomic mass is 19.4. The second-order valence-electron chi connectivity index (χ2n) is 4.13. The number of alkyl halides is 3. The molecular formula is C11H14F3NO. The first kappa shape index (κ1) is 12.8. The molecule has 0 atom stereocenters. The lowest BCUT2D eigenvalue weighted by molar-refractivity contribution is -0.275. The van der Waals surface area contributed by atoms with E-state index in [4.69, 9.17) is 5.73 Å². The summed E-state index contributed by atoms with van der Waals surface area (Å²) in [6.45, 7) is 3.78. The number of halogens is 3. The van der Waals surface area contributed by atoms with Gasteiger partial charge in [-0.15, -0.1) is 13.2 Å². The van der Waals surface area contributed by atoms with Gasteiger partial charge in [-0.3, -0.25) is 0 Å². The molecule has 0 aliphatic carbocycles. The number of para-hydroxylation sites is 1. The summed E-state index contributed by atoms with van der Waals surface area (Å²) in [4.78, 5) is 0. The third-order valence-corrected chi connectivity index (χ3v) is 2.35. The number of ether oxygens (including phenoxy) is 1. The molecule has 0 heterocycles. The minimum Gasteiger partial charge on any atom is -0.405 e. The van der Waals surface area contributed by atoms with Gasteiger partial charge in [0.2, 0.25) is 0 Å². The van der Waals surface area contributed by atoms with Crippen LogP contribution in [0.5, 0.6) is 5.75 Å². The molecule has 0 aliphatic rings. The summed E-state index contributed by atoms with van der Waals surface area (Å²) in [5.74, 6) is -0.189. The Bertz CT molecular complexity index is 360. The first-order chi connectivity index (χ1) is 7.26. The third kappa shape index (κ3) is 3.13. The Morgan fingerprint density at radius 2 is 1.75 bits per heavy atom. The van der Waals surface area contributed by atoms with Crippen molar-refractivity contribution in [2.45, 2.75) is 25.6 Å². The Morgan fingerprint density at radius 1 is 1.19 bits per heavy atom. The highest BCUT2D eigenvalue weighted by molar-refractivity contribution is 5.39. The molecule has 0 saturated heterocycles. The zero-order chi connectivity index (χ0) is 12.4.